The van der Waals surface area contributed by atoms with Crippen LogP contribution in [0.3, 0.4) is 0 Å². The molecular formula is C15H16N2O2. The molecule has 0 aliphatic carbocycles. The molecule has 98 valence electrons. The molecule has 4 nitrogen and oxygen atoms in total. The summed E-state index contributed by atoms with van der Waals surface area (Å²) in [5.74, 6) is 1.43. The van der Waals surface area contributed by atoms with Gasteiger partial charge in [-0.2, -0.15) is 0 Å². The van der Waals surface area contributed by atoms with Crippen molar-refractivity contribution in [3.63, 3.8) is 0 Å². The number of oxazole rings is 1. The summed E-state index contributed by atoms with van der Waals surface area (Å²) in [7, 11) is 0. The van der Waals surface area contributed by atoms with Crippen LogP contribution in [0.4, 0.5) is 0 Å². The van der Waals surface area contributed by atoms with Crippen LogP contribution in [-0.2, 0) is 6.54 Å². The summed E-state index contributed by atoms with van der Waals surface area (Å²) in [5.41, 5.74) is 1.80. The van der Waals surface area contributed by atoms with Crippen LogP contribution in [-0.4, -0.2) is 11.0 Å². The van der Waals surface area contributed by atoms with Gasteiger partial charge in [-0.25, -0.2) is 4.98 Å². The predicted molar refractivity (Wildman–Crippen MR) is 73.7 cm³/mol. The van der Waals surface area contributed by atoms with Crippen LogP contribution in [0.2, 0.25) is 0 Å². The van der Waals surface area contributed by atoms with Gasteiger partial charge < -0.3 is 14.2 Å². The van der Waals surface area contributed by atoms with Gasteiger partial charge in [0, 0.05) is 11.4 Å². The van der Waals surface area contributed by atoms with Gasteiger partial charge in [-0.1, -0.05) is 32.0 Å². The number of benzene rings is 1. The fourth-order valence-corrected chi connectivity index (χ4v) is 1.98. The largest absolute Gasteiger partial charge is 0.464 e. The molecule has 0 saturated heterocycles. The zero-order valence-electron chi connectivity index (χ0n) is 11.0. The van der Waals surface area contributed by atoms with Crippen LogP contribution < -0.4 is 5.32 Å². The van der Waals surface area contributed by atoms with E-state index in [1.54, 1.807) is 12.5 Å². The fraction of sp³-hybridized carbons (Fsp3) is 0.267. The maximum absolute atomic E-state index is 5.75. The van der Waals surface area contributed by atoms with E-state index in [2.05, 4.69) is 24.1 Å². The van der Waals surface area contributed by atoms with Crippen molar-refractivity contribution in [2.24, 2.45) is 0 Å². The lowest BCUT2D eigenvalue weighted by Crippen LogP contribution is -2.21. The molecule has 4 heteroatoms. The van der Waals surface area contributed by atoms with Crippen molar-refractivity contribution in [3.05, 3.63) is 42.6 Å². The van der Waals surface area contributed by atoms with Gasteiger partial charge in [-0.05, 0) is 6.07 Å². The molecule has 1 aromatic carbocycles. The van der Waals surface area contributed by atoms with Crippen molar-refractivity contribution in [3.8, 4) is 11.3 Å². The third-order valence-electron chi connectivity index (χ3n) is 2.96. The molecule has 0 unspecified atom stereocenters. The molecule has 2 heterocycles. The van der Waals surface area contributed by atoms with Crippen molar-refractivity contribution < 1.29 is 8.83 Å². The van der Waals surface area contributed by atoms with E-state index in [0.717, 1.165) is 22.3 Å². The topological polar surface area (TPSA) is 51.2 Å². The first-order chi connectivity index (χ1) is 9.24. The van der Waals surface area contributed by atoms with Crippen LogP contribution in [0, 0.1) is 0 Å². The Morgan fingerprint density at radius 2 is 2.11 bits per heavy atom. The lowest BCUT2D eigenvalue weighted by atomic mass is 10.1. The van der Waals surface area contributed by atoms with E-state index in [0.29, 0.717) is 18.5 Å². The summed E-state index contributed by atoms with van der Waals surface area (Å²) < 4.78 is 11.3. The summed E-state index contributed by atoms with van der Waals surface area (Å²) >= 11 is 0. The number of furan rings is 1. The van der Waals surface area contributed by atoms with Crippen molar-refractivity contribution in [1.29, 1.82) is 0 Å². The number of fused-ring (bicyclic) bond motifs is 1. The lowest BCUT2D eigenvalue weighted by Gasteiger charge is -2.03. The summed E-state index contributed by atoms with van der Waals surface area (Å²) in [6.45, 7) is 4.81. The van der Waals surface area contributed by atoms with Gasteiger partial charge in [0.05, 0.1) is 18.3 Å². The molecule has 0 saturated carbocycles. The normalized spacial score (nSPS) is 11.5. The third kappa shape index (κ3) is 2.39. The summed E-state index contributed by atoms with van der Waals surface area (Å²) in [6, 6.07) is 8.30. The van der Waals surface area contributed by atoms with Gasteiger partial charge in [0.2, 0.25) is 5.89 Å². The number of nitrogens with zero attached hydrogens (tertiary/aromatic N) is 1. The molecule has 19 heavy (non-hydrogen) atoms. The Kier molecular flexibility index (Phi) is 3.09. The Labute approximate surface area is 111 Å². The van der Waals surface area contributed by atoms with Crippen LogP contribution in [0.15, 0.2) is 45.6 Å². The first-order valence-corrected chi connectivity index (χ1v) is 6.39. The standard InChI is InChI=1S/C15H16N2O2/c1-10(2)16-8-15-17-7-14(19-15)12-9-18-13-6-4-3-5-11(12)13/h3-7,9-10,16H,8H2,1-2H3. The summed E-state index contributed by atoms with van der Waals surface area (Å²) in [4.78, 5) is 4.28. The van der Waals surface area contributed by atoms with E-state index in [4.69, 9.17) is 8.83 Å². The van der Waals surface area contributed by atoms with E-state index in [9.17, 15) is 0 Å². The van der Waals surface area contributed by atoms with E-state index in [1.807, 2.05) is 24.3 Å². The van der Waals surface area contributed by atoms with Crippen molar-refractivity contribution in [1.82, 2.24) is 10.3 Å². The average Bonchev–Trinajstić information content (AvgIpc) is 3.02. The highest BCUT2D eigenvalue weighted by Gasteiger charge is 2.12. The van der Waals surface area contributed by atoms with Gasteiger partial charge in [0.15, 0.2) is 5.76 Å². The first kappa shape index (κ1) is 12.0. The Hall–Kier alpha value is -2.07. The predicted octanol–water partition coefficient (Wildman–Crippen LogP) is 3.59. The highest BCUT2D eigenvalue weighted by Crippen LogP contribution is 2.30. The van der Waals surface area contributed by atoms with E-state index >= 15 is 0 Å². The van der Waals surface area contributed by atoms with E-state index in [-0.39, 0.29) is 0 Å². The zero-order chi connectivity index (χ0) is 13.2. The van der Waals surface area contributed by atoms with Gasteiger partial charge in [-0.3, -0.25) is 0 Å². The molecule has 3 aromatic rings. The highest BCUT2D eigenvalue weighted by molar-refractivity contribution is 5.92. The number of rotatable bonds is 4. The van der Waals surface area contributed by atoms with Gasteiger partial charge in [0.25, 0.3) is 0 Å². The molecule has 1 N–H and O–H groups in total. The molecule has 0 atom stereocenters. The molecule has 0 amide bonds. The fourth-order valence-electron chi connectivity index (χ4n) is 1.98. The first-order valence-electron chi connectivity index (χ1n) is 6.39. The minimum absolute atomic E-state index is 0.408. The lowest BCUT2D eigenvalue weighted by molar-refractivity contribution is 0.458. The third-order valence-corrected chi connectivity index (χ3v) is 2.96. The second kappa shape index (κ2) is 4.90. The Bertz CT molecular complexity index is 682. The second-order valence-electron chi connectivity index (χ2n) is 4.80. The SMILES string of the molecule is CC(C)NCc1ncc(-c2coc3ccccc23)o1. The molecule has 0 fully saturated rings. The van der Waals surface area contributed by atoms with E-state index in [1.165, 1.54) is 0 Å². The minimum atomic E-state index is 0.408. The zero-order valence-corrected chi connectivity index (χ0v) is 11.0. The Balaban J connectivity index is 1.90. The number of para-hydroxylation sites is 1. The number of hydrogen-bond donors (Lipinski definition) is 1. The highest BCUT2D eigenvalue weighted by atomic mass is 16.4. The van der Waals surface area contributed by atoms with E-state index < -0.39 is 0 Å². The van der Waals surface area contributed by atoms with Crippen molar-refractivity contribution >= 4 is 11.0 Å². The van der Waals surface area contributed by atoms with Gasteiger partial charge in [0.1, 0.15) is 11.8 Å². The number of nitrogens with one attached hydrogen (secondary N) is 1. The average molecular weight is 256 g/mol. The molecule has 0 aliphatic heterocycles. The number of hydrogen-bond acceptors (Lipinski definition) is 4. The monoisotopic (exact) mass is 256 g/mol. The van der Waals surface area contributed by atoms with Crippen molar-refractivity contribution in [2.45, 2.75) is 26.4 Å². The molecule has 0 bridgehead atoms. The molecular weight excluding hydrogens is 240 g/mol. The van der Waals surface area contributed by atoms with Gasteiger partial charge >= 0.3 is 0 Å². The van der Waals surface area contributed by atoms with Gasteiger partial charge in [-0.15, -0.1) is 0 Å². The molecule has 3 rings (SSSR count). The molecule has 0 radical (unpaired) electrons. The maximum atomic E-state index is 5.75. The number of aromatic nitrogens is 1. The minimum Gasteiger partial charge on any atom is -0.464 e. The van der Waals surface area contributed by atoms with Crippen molar-refractivity contribution in [2.75, 3.05) is 0 Å². The van der Waals surface area contributed by atoms with Crippen LogP contribution in [0.5, 0.6) is 0 Å². The Morgan fingerprint density at radius 1 is 1.26 bits per heavy atom. The second-order valence-corrected chi connectivity index (χ2v) is 4.80. The van der Waals surface area contributed by atoms with Crippen LogP contribution >= 0.6 is 0 Å². The smallest absolute Gasteiger partial charge is 0.208 e. The maximum Gasteiger partial charge on any atom is 0.208 e. The van der Waals surface area contributed by atoms with Crippen LogP contribution in [0.25, 0.3) is 22.3 Å². The summed E-state index contributed by atoms with van der Waals surface area (Å²) in [6.07, 6.45) is 3.46. The molecule has 0 aliphatic rings. The quantitative estimate of drug-likeness (QED) is 0.775. The Morgan fingerprint density at radius 3 is 2.95 bits per heavy atom. The summed E-state index contributed by atoms with van der Waals surface area (Å²) in [5, 5.41) is 4.32. The molecule has 0 spiro atoms. The van der Waals surface area contributed by atoms with Crippen LogP contribution in [0.1, 0.15) is 19.7 Å². The molecule has 2 aromatic heterocycles.